The molecule has 11 nitrogen and oxygen atoms in total. The van der Waals surface area contributed by atoms with Crippen LogP contribution in [0.4, 0.5) is 0 Å². The van der Waals surface area contributed by atoms with E-state index < -0.39 is 65.8 Å². The minimum atomic E-state index is -1.33. The predicted octanol–water partition coefficient (Wildman–Crippen LogP) is 1.84. The second kappa shape index (κ2) is 11.9. The molecule has 11 heteroatoms. The van der Waals surface area contributed by atoms with Crippen LogP contribution in [0.15, 0.2) is 22.8 Å². The van der Waals surface area contributed by atoms with E-state index >= 15 is 0 Å². The van der Waals surface area contributed by atoms with Crippen LogP contribution in [0.1, 0.15) is 60.3 Å². The molecule has 0 radical (unpaired) electrons. The molecule has 0 amide bonds. The van der Waals surface area contributed by atoms with Crippen molar-refractivity contribution in [3.05, 3.63) is 22.8 Å². The lowest BCUT2D eigenvalue weighted by Gasteiger charge is -2.53. The maximum absolute atomic E-state index is 12.2. The van der Waals surface area contributed by atoms with Gasteiger partial charge in [0.15, 0.2) is 12.6 Å². The van der Waals surface area contributed by atoms with Gasteiger partial charge >= 0.3 is 0 Å². The molecule has 4 fully saturated rings. The zero-order chi connectivity index (χ0) is 31.8. The van der Waals surface area contributed by atoms with Crippen LogP contribution in [0.5, 0.6) is 0 Å². The van der Waals surface area contributed by atoms with Gasteiger partial charge in [-0.25, -0.2) is 0 Å². The van der Waals surface area contributed by atoms with Gasteiger partial charge < -0.3 is 53.6 Å². The first-order valence-corrected chi connectivity index (χ1v) is 16.2. The summed E-state index contributed by atoms with van der Waals surface area (Å²) in [5.74, 6) is -0.124. The molecule has 6 aliphatic rings. The Hall–Kier alpha value is -0.960. The van der Waals surface area contributed by atoms with E-state index in [-0.39, 0.29) is 37.1 Å². The SMILES string of the molecule is COC[C@H]1O[C@H](O[C@@H]2C3=C(C(C)C)CC[C@]3(C)/C=C3\C(CC[C@]3(O)COC)[C@@H](C)[C@H]2O)[C@H](O)C2O[C@@H](O)C(C)([C@@H]3CO3)OC21. The molecule has 1 saturated carbocycles. The fourth-order valence-corrected chi connectivity index (χ4v) is 8.68. The maximum Gasteiger partial charge on any atom is 0.187 e. The zero-order valence-corrected chi connectivity index (χ0v) is 27.1. The second-order valence-electron chi connectivity index (χ2n) is 14.7. The first kappa shape index (κ1) is 33.0. The molecular weight excluding hydrogens is 572 g/mol. The van der Waals surface area contributed by atoms with Gasteiger partial charge in [-0.2, -0.15) is 0 Å². The minimum absolute atomic E-state index is 0.0620. The van der Waals surface area contributed by atoms with Crippen LogP contribution in [-0.4, -0.2) is 121 Å². The van der Waals surface area contributed by atoms with Crippen LogP contribution in [0, 0.1) is 23.2 Å². The summed E-state index contributed by atoms with van der Waals surface area (Å²) in [5, 5.41) is 46.5. The zero-order valence-electron chi connectivity index (χ0n) is 27.1. The lowest BCUT2D eigenvalue weighted by molar-refractivity contribution is -0.403. The van der Waals surface area contributed by atoms with Crippen LogP contribution >= 0.6 is 0 Å². The van der Waals surface area contributed by atoms with Gasteiger partial charge in [0.2, 0.25) is 0 Å². The van der Waals surface area contributed by atoms with E-state index in [0.29, 0.717) is 13.0 Å². The third-order valence-corrected chi connectivity index (χ3v) is 11.4. The van der Waals surface area contributed by atoms with Gasteiger partial charge in [0, 0.05) is 19.6 Å². The first-order chi connectivity index (χ1) is 20.8. The molecule has 3 heterocycles. The molecule has 4 N–H and O–H groups in total. The van der Waals surface area contributed by atoms with Crippen molar-refractivity contribution in [2.45, 2.75) is 127 Å². The van der Waals surface area contributed by atoms with E-state index in [9.17, 15) is 20.4 Å². The van der Waals surface area contributed by atoms with Crippen molar-refractivity contribution in [2.24, 2.45) is 23.2 Å². The van der Waals surface area contributed by atoms with Crippen LogP contribution in [0.25, 0.3) is 0 Å². The average molecular weight is 625 g/mol. The molecule has 3 aliphatic carbocycles. The van der Waals surface area contributed by atoms with Gasteiger partial charge in [-0.1, -0.05) is 39.3 Å². The highest BCUT2D eigenvalue weighted by molar-refractivity contribution is 5.42. The number of rotatable bonds is 8. The molecule has 3 saturated heterocycles. The van der Waals surface area contributed by atoms with E-state index in [1.54, 1.807) is 21.1 Å². The Balaban J connectivity index is 1.36. The van der Waals surface area contributed by atoms with E-state index in [4.69, 9.17) is 33.2 Å². The van der Waals surface area contributed by atoms with E-state index in [1.807, 2.05) is 6.92 Å². The Labute approximate surface area is 260 Å². The molecule has 0 spiro atoms. The van der Waals surface area contributed by atoms with Gasteiger partial charge in [0.25, 0.3) is 0 Å². The summed E-state index contributed by atoms with van der Waals surface area (Å²) in [6.45, 7) is 11.0. The lowest BCUT2D eigenvalue weighted by atomic mass is 9.68. The largest absolute Gasteiger partial charge is 0.390 e. The molecule has 0 bridgehead atoms. The van der Waals surface area contributed by atoms with Crippen molar-refractivity contribution in [3.63, 3.8) is 0 Å². The standard InChI is InChI=1S/C33H52O11/c1-16(2)18-8-10-31(4)12-20-19(9-11-33(20,37)15-39-7)17(3)24(34)27(23(18)31)42-29-25(35)28-26(21(41-29)13-38-6)44-32(5,22-14-40-22)30(36)43-28/h12,16-17,19,21-22,24-30,34-37H,8-11,13-15H2,1-7H3/b20-12+/t17-,19?,21-,22+,24-,25-,26?,27-,28?,29-,30-,31-,32?,33+/m1/s1. The van der Waals surface area contributed by atoms with E-state index in [0.717, 1.165) is 30.4 Å². The van der Waals surface area contributed by atoms with Crippen molar-refractivity contribution in [2.75, 3.05) is 34.0 Å². The van der Waals surface area contributed by atoms with E-state index in [2.05, 4.69) is 26.8 Å². The summed E-state index contributed by atoms with van der Waals surface area (Å²) in [4.78, 5) is 0. The molecule has 44 heavy (non-hydrogen) atoms. The number of hydrogen-bond acceptors (Lipinski definition) is 11. The highest BCUT2D eigenvalue weighted by atomic mass is 16.7. The quantitative estimate of drug-likeness (QED) is 0.232. The normalized spacial score (nSPS) is 51.7. The number of aliphatic hydroxyl groups is 4. The maximum atomic E-state index is 12.2. The topological polar surface area (TPSA) is 149 Å². The third-order valence-electron chi connectivity index (χ3n) is 11.4. The molecule has 4 unspecified atom stereocenters. The fourth-order valence-electron chi connectivity index (χ4n) is 8.68. The Kier molecular flexibility index (Phi) is 8.94. The summed E-state index contributed by atoms with van der Waals surface area (Å²) >= 11 is 0. The Bertz CT molecular complexity index is 1140. The van der Waals surface area contributed by atoms with Gasteiger partial charge in [0.1, 0.15) is 47.8 Å². The molecular formula is C33H52O11. The van der Waals surface area contributed by atoms with Crippen molar-refractivity contribution in [3.8, 4) is 0 Å². The number of aliphatic hydroxyl groups excluding tert-OH is 3. The monoisotopic (exact) mass is 624 g/mol. The average Bonchev–Trinajstić information content (AvgIpc) is 3.71. The van der Waals surface area contributed by atoms with Gasteiger partial charge in [-0.3, -0.25) is 0 Å². The third kappa shape index (κ3) is 5.34. The Morgan fingerprint density at radius 2 is 1.75 bits per heavy atom. The molecule has 0 aromatic heterocycles. The number of hydrogen-bond donors (Lipinski definition) is 4. The van der Waals surface area contributed by atoms with Crippen LogP contribution < -0.4 is 0 Å². The van der Waals surface area contributed by atoms with Crippen molar-refractivity contribution < 1.29 is 53.6 Å². The number of allylic oxidation sites excluding steroid dienone is 2. The molecule has 14 atom stereocenters. The molecule has 0 aromatic carbocycles. The number of ether oxygens (including phenoxy) is 7. The van der Waals surface area contributed by atoms with Gasteiger partial charge in [-0.05, 0) is 61.5 Å². The van der Waals surface area contributed by atoms with Crippen molar-refractivity contribution >= 4 is 0 Å². The summed E-state index contributed by atoms with van der Waals surface area (Å²) < 4.78 is 41.9. The predicted molar refractivity (Wildman–Crippen MR) is 157 cm³/mol. The van der Waals surface area contributed by atoms with E-state index in [1.165, 1.54) is 5.57 Å². The van der Waals surface area contributed by atoms with Gasteiger partial charge in [0.05, 0.1) is 25.9 Å². The second-order valence-corrected chi connectivity index (χ2v) is 14.7. The molecule has 0 aromatic rings. The number of epoxide rings is 1. The number of methoxy groups -OCH3 is 2. The number of fused-ring (bicyclic) bond motifs is 3. The van der Waals surface area contributed by atoms with Crippen molar-refractivity contribution in [1.82, 2.24) is 0 Å². The molecule has 6 rings (SSSR count). The molecule has 3 aliphatic heterocycles. The van der Waals surface area contributed by atoms with Crippen LogP contribution in [0.2, 0.25) is 0 Å². The minimum Gasteiger partial charge on any atom is -0.390 e. The Morgan fingerprint density at radius 1 is 1.02 bits per heavy atom. The lowest BCUT2D eigenvalue weighted by Crippen LogP contribution is -2.70. The summed E-state index contributed by atoms with van der Waals surface area (Å²) in [6.07, 6.45) is -3.13. The Morgan fingerprint density at radius 3 is 2.39 bits per heavy atom. The fraction of sp³-hybridized carbons (Fsp3) is 0.879. The van der Waals surface area contributed by atoms with Crippen LogP contribution in [0.3, 0.4) is 0 Å². The summed E-state index contributed by atoms with van der Waals surface area (Å²) in [7, 11) is 3.16. The van der Waals surface area contributed by atoms with Gasteiger partial charge in [-0.15, -0.1) is 0 Å². The summed E-state index contributed by atoms with van der Waals surface area (Å²) in [6, 6.07) is 0. The highest BCUT2D eigenvalue weighted by Crippen LogP contribution is 2.56. The summed E-state index contributed by atoms with van der Waals surface area (Å²) in [5.41, 5.74) is 0.428. The molecule has 250 valence electrons. The first-order valence-electron chi connectivity index (χ1n) is 16.2. The highest BCUT2D eigenvalue weighted by Gasteiger charge is 2.62. The van der Waals surface area contributed by atoms with Crippen LogP contribution in [-0.2, 0) is 33.2 Å². The smallest absolute Gasteiger partial charge is 0.187 e. The van der Waals surface area contributed by atoms with Crippen molar-refractivity contribution in [1.29, 1.82) is 0 Å².